The van der Waals surface area contributed by atoms with Crippen LogP contribution in [0.5, 0.6) is 11.5 Å². The largest absolute Gasteiger partial charge is 0.488 e. The van der Waals surface area contributed by atoms with Crippen LogP contribution in [0.2, 0.25) is 0 Å². The molecule has 0 heterocycles. The molecule has 0 aliphatic rings. The van der Waals surface area contributed by atoms with Gasteiger partial charge in [0.25, 0.3) is 0 Å². The Bertz CT molecular complexity index is 991. The van der Waals surface area contributed by atoms with E-state index in [1.165, 1.54) is 0 Å². The molecule has 0 radical (unpaired) electrons. The molecule has 0 aliphatic heterocycles. The van der Waals surface area contributed by atoms with E-state index in [9.17, 15) is 10.2 Å². The zero-order valence-electron chi connectivity index (χ0n) is 26.6. The number of rotatable bonds is 20. The third kappa shape index (κ3) is 12.2. The van der Waals surface area contributed by atoms with Crippen molar-refractivity contribution < 1.29 is 19.7 Å². The maximum Gasteiger partial charge on any atom is 0.147 e. The van der Waals surface area contributed by atoms with E-state index in [0.717, 1.165) is 80.9 Å². The third-order valence-corrected chi connectivity index (χ3v) is 9.73. The summed E-state index contributed by atoms with van der Waals surface area (Å²) in [7, 11) is 0. The number of benzene rings is 2. The minimum atomic E-state index is -0.573. The number of halogens is 4. The highest BCUT2D eigenvalue weighted by Crippen LogP contribution is 2.44. The van der Waals surface area contributed by atoms with E-state index in [1.54, 1.807) is 0 Å². The highest BCUT2D eigenvalue weighted by molar-refractivity contribution is 9.11. The molecular weight excluding hydrogens is 808 g/mol. The Kier molecular flexibility index (Phi) is 17.6. The number of hydrogen-bond acceptors (Lipinski definition) is 6. The lowest BCUT2D eigenvalue weighted by Crippen LogP contribution is -2.36. The van der Waals surface area contributed by atoms with Crippen molar-refractivity contribution in [2.45, 2.75) is 84.8 Å². The Morgan fingerprint density at radius 1 is 0.605 bits per heavy atom. The predicted molar refractivity (Wildman–Crippen MR) is 193 cm³/mol. The van der Waals surface area contributed by atoms with E-state index in [4.69, 9.17) is 9.47 Å². The molecule has 0 aromatic heterocycles. The van der Waals surface area contributed by atoms with Gasteiger partial charge in [0.1, 0.15) is 36.9 Å². The van der Waals surface area contributed by atoms with Crippen molar-refractivity contribution in [3.63, 3.8) is 0 Å². The van der Waals surface area contributed by atoms with E-state index in [2.05, 4.69) is 139 Å². The topological polar surface area (TPSA) is 65.4 Å². The van der Waals surface area contributed by atoms with Crippen molar-refractivity contribution >= 4 is 63.7 Å². The number of ether oxygens (including phenoxy) is 2. The smallest absolute Gasteiger partial charge is 0.147 e. The average molecular weight is 858 g/mol. The van der Waals surface area contributed by atoms with Gasteiger partial charge in [-0.3, -0.25) is 0 Å². The molecule has 0 aliphatic carbocycles. The average Bonchev–Trinajstić information content (AvgIpc) is 2.92. The molecule has 2 aromatic carbocycles. The van der Waals surface area contributed by atoms with Crippen LogP contribution in [0.25, 0.3) is 0 Å². The fourth-order valence-corrected chi connectivity index (χ4v) is 8.03. The van der Waals surface area contributed by atoms with Crippen LogP contribution in [0.15, 0.2) is 42.2 Å². The fraction of sp³-hybridized carbons (Fsp3) is 0.636. The molecule has 0 saturated carbocycles. The molecule has 0 bridgehead atoms. The van der Waals surface area contributed by atoms with E-state index in [0.29, 0.717) is 24.6 Å². The van der Waals surface area contributed by atoms with Gasteiger partial charge in [-0.2, -0.15) is 0 Å². The minimum absolute atomic E-state index is 0.217. The van der Waals surface area contributed by atoms with Gasteiger partial charge >= 0.3 is 0 Å². The van der Waals surface area contributed by atoms with Gasteiger partial charge in [-0.05, 0) is 151 Å². The molecular formula is C33H50Br4N2O4. The second kappa shape index (κ2) is 19.5. The maximum absolute atomic E-state index is 10.6. The number of hydrogen-bond donors (Lipinski definition) is 2. The zero-order valence-corrected chi connectivity index (χ0v) is 32.9. The lowest BCUT2D eigenvalue weighted by Gasteiger charge is -2.29. The summed E-state index contributed by atoms with van der Waals surface area (Å²) < 4.78 is 15.5. The molecule has 2 atom stereocenters. The molecule has 10 heteroatoms. The Balaban J connectivity index is 2.14. The first-order chi connectivity index (χ1) is 20.4. The zero-order chi connectivity index (χ0) is 32.2. The fourth-order valence-electron chi connectivity index (χ4n) is 5.20. The molecule has 2 unspecified atom stereocenters. The normalized spacial score (nSPS) is 13.5. The molecule has 0 spiro atoms. The van der Waals surface area contributed by atoms with Crippen LogP contribution in [-0.2, 0) is 5.41 Å². The highest BCUT2D eigenvalue weighted by Gasteiger charge is 2.28. The van der Waals surface area contributed by atoms with Gasteiger partial charge in [-0.15, -0.1) is 0 Å². The maximum atomic E-state index is 10.6. The second-order valence-corrected chi connectivity index (χ2v) is 15.1. The Labute approximate surface area is 293 Å². The third-order valence-electron chi connectivity index (χ3n) is 7.38. The molecule has 6 nitrogen and oxygen atoms in total. The minimum Gasteiger partial charge on any atom is -0.488 e. The summed E-state index contributed by atoms with van der Waals surface area (Å²) in [4.78, 5) is 4.57. The molecule has 244 valence electrons. The summed E-state index contributed by atoms with van der Waals surface area (Å²) in [5.74, 6) is 1.36. The van der Waals surface area contributed by atoms with Gasteiger partial charge in [-0.25, -0.2) is 0 Å². The van der Waals surface area contributed by atoms with Crippen LogP contribution in [0.4, 0.5) is 0 Å². The lowest BCUT2D eigenvalue weighted by molar-refractivity contribution is 0.0675. The number of aliphatic hydroxyl groups excluding tert-OH is 2. The monoisotopic (exact) mass is 854 g/mol. The van der Waals surface area contributed by atoms with Crippen LogP contribution in [0, 0.1) is 0 Å². The molecule has 2 N–H and O–H groups in total. The first-order valence-electron chi connectivity index (χ1n) is 15.4. The highest BCUT2D eigenvalue weighted by atomic mass is 79.9. The lowest BCUT2D eigenvalue weighted by atomic mass is 9.78. The predicted octanol–water partition coefficient (Wildman–Crippen LogP) is 8.79. The van der Waals surface area contributed by atoms with Crippen LogP contribution in [0.1, 0.15) is 78.4 Å². The van der Waals surface area contributed by atoms with Gasteiger partial charge in [0, 0.05) is 18.5 Å². The van der Waals surface area contributed by atoms with Crippen molar-refractivity contribution in [2.75, 3.05) is 52.5 Å². The Morgan fingerprint density at radius 2 is 0.884 bits per heavy atom. The van der Waals surface area contributed by atoms with Gasteiger partial charge in [0.05, 0.1) is 17.9 Å². The quantitative estimate of drug-likeness (QED) is 0.139. The first-order valence-corrected chi connectivity index (χ1v) is 18.6. The van der Waals surface area contributed by atoms with Crippen LogP contribution >= 0.6 is 63.7 Å². The van der Waals surface area contributed by atoms with Crippen molar-refractivity contribution in [3.8, 4) is 11.5 Å². The number of nitrogens with zero attached hydrogens (tertiary/aromatic N) is 2. The molecule has 43 heavy (non-hydrogen) atoms. The SMILES string of the molecule is CCCN(CCC)CC(O)COc1c(Br)cc(C(C)(C)c2cc(Br)c(OCC(O)CN(CCC)CCC)c(Br)c2)cc1Br. The van der Waals surface area contributed by atoms with E-state index in [-0.39, 0.29) is 18.6 Å². The first kappa shape index (κ1) is 39.0. The van der Waals surface area contributed by atoms with Crippen LogP contribution in [0.3, 0.4) is 0 Å². The van der Waals surface area contributed by atoms with Crippen LogP contribution in [-0.4, -0.2) is 84.7 Å². The van der Waals surface area contributed by atoms with E-state index < -0.39 is 12.2 Å². The number of aliphatic hydroxyl groups is 2. The van der Waals surface area contributed by atoms with Gasteiger partial charge in [0.15, 0.2) is 0 Å². The van der Waals surface area contributed by atoms with Gasteiger partial charge < -0.3 is 29.5 Å². The Hall–Kier alpha value is -0.200. The van der Waals surface area contributed by atoms with Crippen molar-refractivity contribution in [1.29, 1.82) is 0 Å². The summed E-state index contributed by atoms with van der Waals surface area (Å²) in [6.45, 7) is 18.5. The molecule has 2 rings (SSSR count). The van der Waals surface area contributed by atoms with Crippen molar-refractivity contribution in [3.05, 3.63) is 53.3 Å². The van der Waals surface area contributed by atoms with Crippen molar-refractivity contribution in [1.82, 2.24) is 9.80 Å². The summed E-state index contributed by atoms with van der Waals surface area (Å²) >= 11 is 14.8. The summed E-state index contributed by atoms with van der Waals surface area (Å²) in [5, 5.41) is 21.3. The summed E-state index contributed by atoms with van der Waals surface area (Å²) in [5.41, 5.74) is 1.82. The molecule has 2 aromatic rings. The summed E-state index contributed by atoms with van der Waals surface area (Å²) in [6.07, 6.45) is 3.10. The van der Waals surface area contributed by atoms with Gasteiger partial charge in [0.2, 0.25) is 0 Å². The molecule has 0 saturated heterocycles. The van der Waals surface area contributed by atoms with Crippen LogP contribution < -0.4 is 9.47 Å². The second-order valence-electron chi connectivity index (χ2n) is 11.7. The standard InChI is InChI=1S/C33H50Br4N2O4/c1-7-11-38(12-8-2)19-25(40)21-42-31-27(34)15-23(16-28(31)35)33(5,6)24-17-29(36)32(30(37)18-24)43-22-26(41)20-39(13-9-3)14-10-4/h15-18,25-26,40-41H,7-14,19-22H2,1-6H3. The summed E-state index contributed by atoms with van der Waals surface area (Å²) in [6, 6.07) is 8.31. The van der Waals surface area contributed by atoms with Crippen molar-refractivity contribution in [2.24, 2.45) is 0 Å². The Morgan fingerprint density at radius 3 is 1.14 bits per heavy atom. The van der Waals surface area contributed by atoms with E-state index in [1.807, 2.05) is 0 Å². The van der Waals surface area contributed by atoms with E-state index >= 15 is 0 Å². The molecule has 0 fully saturated rings. The molecule has 0 amide bonds. The van der Waals surface area contributed by atoms with Gasteiger partial charge in [-0.1, -0.05) is 41.5 Å².